The van der Waals surface area contributed by atoms with E-state index < -0.39 is 0 Å². The molecule has 128 valence electrons. The van der Waals surface area contributed by atoms with E-state index in [1.54, 1.807) is 0 Å². The molecule has 1 atom stereocenters. The summed E-state index contributed by atoms with van der Waals surface area (Å²) in [4.78, 5) is 23.5. The number of amides is 2. The number of benzene rings is 1. The van der Waals surface area contributed by atoms with Crippen LogP contribution in [0.5, 0.6) is 0 Å². The van der Waals surface area contributed by atoms with E-state index in [0.29, 0.717) is 44.8 Å². The van der Waals surface area contributed by atoms with Crippen LogP contribution in [-0.2, 0) is 9.53 Å². The fraction of sp³-hybridized carbons (Fsp3) is 0.467. The first kappa shape index (κ1) is 19.3. The predicted octanol–water partition coefficient (Wildman–Crippen LogP) is 0.472. The van der Waals surface area contributed by atoms with E-state index in [-0.39, 0.29) is 36.1 Å². The van der Waals surface area contributed by atoms with Crippen LogP contribution in [0.1, 0.15) is 16.8 Å². The molecule has 1 aliphatic heterocycles. The monoisotopic (exact) mass is 345 g/mol. The first-order valence-electron chi connectivity index (χ1n) is 7.29. The lowest BCUT2D eigenvalue weighted by Gasteiger charge is -2.22. The van der Waals surface area contributed by atoms with E-state index in [2.05, 4.69) is 16.0 Å². The molecule has 1 aliphatic rings. The van der Waals surface area contributed by atoms with Crippen LogP contribution in [0, 0.1) is 5.82 Å². The van der Waals surface area contributed by atoms with Crippen molar-refractivity contribution in [3.63, 3.8) is 0 Å². The maximum Gasteiger partial charge on any atom is 0.251 e. The Hall–Kier alpha value is -1.70. The molecule has 1 unspecified atom stereocenters. The van der Waals surface area contributed by atoms with E-state index in [1.807, 2.05) is 0 Å². The minimum Gasteiger partial charge on any atom is -0.378 e. The van der Waals surface area contributed by atoms with Gasteiger partial charge in [-0.25, -0.2) is 4.39 Å². The van der Waals surface area contributed by atoms with Crippen molar-refractivity contribution in [3.05, 3.63) is 35.6 Å². The second-order valence-electron chi connectivity index (χ2n) is 4.99. The molecular formula is C15H21ClFN3O3. The molecule has 0 aromatic heterocycles. The number of nitrogens with one attached hydrogen (secondary N) is 3. The average molecular weight is 346 g/mol. The Bertz CT molecular complexity index is 507. The number of hydrogen-bond donors (Lipinski definition) is 3. The summed E-state index contributed by atoms with van der Waals surface area (Å²) in [6.45, 7) is 2.59. The zero-order chi connectivity index (χ0) is 15.8. The molecule has 1 saturated heterocycles. The largest absolute Gasteiger partial charge is 0.378 e. The van der Waals surface area contributed by atoms with Gasteiger partial charge in [-0.05, 0) is 30.7 Å². The molecule has 6 nitrogen and oxygen atoms in total. The van der Waals surface area contributed by atoms with Gasteiger partial charge < -0.3 is 20.7 Å². The summed E-state index contributed by atoms with van der Waals surface area (Å²) in [6, 6.07) is 5.05. The highest BCUT2D eigenvalue weighted by molar-refractivity contribution is 5.94. The van der Waals surface area contributed by atoms with Crippen molar-refractivity contribution in [2.24, 2.45) is 0 Å². The third-order valence-electron chi connectivity index (χ3n) is 3.28. The van der Waals surface area contributed by atoms with Gasteiger partial charge in [0, 0.05) is 25.2 Å². The van der Waals surface area contributed by atoms with Crippen LogP contribution in [-0.4, -0.2) is 50.7 Å². The van der Waals surface area contributed by atoms with E-state index in [1.165, 1.54) is 24.3 Å². The second-order valence-corrected chi connectivity index (χ2v) is 4.99. The van der Waals surface area contributed by atoms with Crippen LogP contribution in [0.25, 0.3) is 0 Å². The molecule has 0 saturated carbocycles. The van der Waals surface area contributed by atoms with Crippen molar-refractivity contribution in [1.29, 1.82) is 0 Å². The van der Waals surface area contributed by atoms with Crippen molar-refractivity contribution < 1.29 is 18.7 Å². The predicted molar refractivity (Wildman–Crippen MR) is 86.2 cm³/mol. The Morgan fingerprint density at radius 3 is 2.57 bits per heavy atom. The summed E-state index contributed by atoms with van der Waals surface area (Å²) in [6.07, 6.45) is 0.617. The van der Waals surface area contributed by atoms with Crippen LogP contribution in [0.15, 0.2) is 24.3 Å². The first-order valence-corrected chi connectivity index (χ1v) is 7.29. The molecule has 1 fully saturated rings. The number of carbonyl (C=O) groups is 2. The van der Waals surface area contributed by atoms with Crippen LogP contribution in [0.3, 0.4) is 0 Å². The number of rotatable bonds is 6. The van der Waals surface area contributed by atoms with Gasteiger partial charge in [-0.3, -0.25) is 9.59 Å². The Morgan fingerprint density at radius 1 is 1.22 bits per heavy atom. The second kappa shape index (κ2) is 10.1. The molecule has 0 radical (unpaired) electrons. The summed E-state index contributed by atoms with van der Waals surface area (Å²) in [5.41, 5.74) is 0.411. The first-order chi connectivity index (χ1) is 10.7. The van der Waals surface area contributed by atoms with Crippen LogP contribution < -0.4 is 16.0 Å². The molecule has 8 heteroatoms. The summed E-state index contributed by atoms with van der Waals surface area (Å²) in [7, 11) is 0. The maximum absolute atomic E-state index is 12.7. The Kier molecular flexibility index (Phi) is 8.53. The van der Waals surface area contributed by atoms with E-state index in [4.69, 9.17) is 4.74 Å². The lowest BCUT2D eigenvalue weighted by molar-refractivity contribution is -0.125. The molecule has 0 spiro atoms. The van der Waals surface area contributed by atoms with Gasteiger partial charge in [0.05, 0.1) is 13.2 Å². The normalized spacial score (nSPS) is 17.0. The van der Waals surface area contributed by atoms with Crippen molar-refractivity contribution in [1.82, 2.24) is 16.0 Å². The Morgan fingerprint density at radius 2 is 1.91 bits per heavy atom. The fourth-order valence-corrected chi connectivity index (χ4v) is 2.06. The van der Waals surface area contributed by atoms with Gasteiger partial charge in [-0.1, -0.05) is 0 Å². The van der Waals surface area contributed by atoms with Crippen molar-refractivity contribution in [2.45, 2.75) is 12.5 Å². The molecule has 1 aromatic carbocycles. The lowest BCUT2D eigenvalue weighted by atomic mass is 10.2. The number of morpholine rings is 1. The summed E-state index contributed by atoms with van der Waals surface area (Å²) in [5.74, 6) is -0.724. The highest BCUT2D eigenvalue weighted by Gasteiger charge is 2.20. The third kappa shape index (κ3) is 6.52. The summed E-state index contributed by atoms with van der Waals surface area (Å²) >= 11 is 0. The minimum atomic E-state index is -0.375. The average Bonchev–Trinajstić information content (AvgIpc) is 2.55. The zero-order valence-electron chi connectivity index (χ0n) is 12.6. The van der Waals surface area contributed by atoms with E-state index in [9.17, 15) is 14.0 Å². The van der Waals surface area contributed by atoms with Crippen molar-refractivity contribution in [2.75, 3.05) is 32.8 Å². The molecule has 2 amide bonds. The minimum absolute atomic E-state index is 0. The smallest absolute Gasteiger partial charge is 0.251 e. The van der Waals surface area contributed by atoms with Gasteiger partial charge in [0.1, 0.15) is 11.9 Å². The van der Waals surface area contributed by atoms with Gasteiger partial charge >= 0.3 is 0 Å². The Labute approximate surface area is 140 Å². The molecule has 1 aromatic rings. The number of ether oxygens (including phenoxy) is 1. The molecule has 23 heavy (non-hydrogen) atoms. The van der Waals surface area contributed by atoms with Crippen LogP contribution in [0.2, 0.25) is 0 Å². The SMILES string of the molecule is Cl.O=C(NCCCNC(=O)C1COCCN1)c1ccc(F)cc1. The molecule has 2 rings (SSSR count). The third-order valence-corrected chi connectivity index (χ3v) is 3.28. The van der Waals surface area contributed by atoms with Gasteiger partial charge in [-0.15, -0.1) is 12.4 Å². The van der Waals surface area contributed by atoms with Crippen LogP contribution in [0.4, 0.5) is 4.39 Å². The highest BCUT2D eigenvalue weighted by atomic mass is 35.5. The van der Waals surface area contributed by atoms with Gasteiger partial charge in [0.15, 0.2) is 0 Å². The quantitative estimate of drug-likeness (QED) is 0.655. The lowest BCUT2D eigenvalue weighted by Crippen LogP contribution is -2.51. The van der Waals surface area contributed by atoms with E-state index in [0.717, 1.165) is 0 Å². The van der Waals surface area contributed by atoms with Gasteiger partial charge in [0.25, 0.3) is 5.91 Å². The molecule has 1 heterocycles. The number of halogens is 2. The van der Waals surface area contributed by atoms with Gasteiger partial charge in [0.2, 0.25) is 5.91 Å². The zero-order valence-corrected chi connectivity index (χ0v) is 13.5. The highest BCUT2D eigenvalue weighted by Crippen LogP contribution is 2.02. The van der Waals surface area contributed by atoms with Crippen molar-refractivity contribution in [3.8, 4) is 0 Å². The Balaban J connectivity index is 0.00000264. The van der Waals surface area contributed by atoms with Crippen LogP contribution >= 0.6 is 12.4 Å². The number of hydrogen-bond acceptors (Lipinski definition) is 4. The molecule has 3 N–H and O–H groups in total. The van der Waals surface area contributed by atoms with Gasteiger partial charge in [-0.2, -0.15) is 0 Å². The topological polar surface area (TPSA) is 79.5 Å². The van der Waals surface area contributed by atoms with Crippen molar-refractivity contribution >= 4 is 24.2 Å². The number of carbonyl (C=O) groups excluding carboxylic acids is 2. The molecule has 0 bridgehead atoms. The molecular weight excluding hydrogens is 325 g/mol. The van der Waals surface area contributed by atoms with E-state index >= 15 is 0 Å². The fourth-order valence-electron chi connectivity index (χ4n) is 2.06. The standard InChI is InChI=1S/C15H20FN3O3.ClH/c16-12-4-2-11(3-5-12)14(20)18-6-1-7-19-15(21)13-10-22-9-8-17-13;/h2-5,13,17H,1,6-10H2,(H,18,20)(H,19,21);1H. The maximum atomic E-state index is 12.7. The summed E-state index contributed by atoms with van der Waals surface area (Å²) in [5, 5.41) is 8.58. The summed E-state index contributed by atoms with van der Waals surface area (Å²) < 4.78 is 18.0. The molecule has 0 aliphatic carbocycles.